The minimum atomic E-state index is -0.518. The maximum Gasteiger partial charge on any atom is 0.0766 e. The maximum atomic E-state index is 10.1. The molecule has 3 heteroatoms. The van der Waals surface area contributed by atoms with Crippen LogP contribution in [0.2, 0.25) is 0 Å². The molecule has 1 aliphatic heterocycles. The zero-order chi connectivity index (χ0) is 11.1. The Hall–Kier alpha value is -0.120. The average molecular weight is 215 g/mol. The van der Waals surface area contributed by atoms with E-state index in [1.54, 1.807) is 0 Å². The van der Waals surface area contributed by atoms with Gasteiger partial charge in [0, 0.05) is 19.7 Å². The van der Waals surface area contributed by atoms with E-state index in [0.717, 1.165) is 32.6 Å². The molecule has 1 fully saturated rings. The highest BCUT2D eigenvalue weighted by Gasteiger charge is 2.22. The second-order valence-electron chi connectivity index (χ2n) is 4.65. The first-order chi connectivity index (χ1) is 7.20. The van der Waals surface area contributed by atoms with Crippen LogP contribution < -0.4 is 5.32 Å². The fourth-order valence-corrected chi connectivity index (χ4v) is 1.98. The quantitative estimate of drug-likeness (QED) is 0.706. The van der Waals surface area contributed by atoms with Crippen LogP contribution in [0.4, 0.5) is 0 Å². The largest absolute Gasteiger partial charge is 0.389 e. The normalized spacial score (nSPS) is 23.0. The molecule has 1 atom stereocenters. The second-order valence-corrected chi connectivity index (χ2v) is 4.65. The van der Waals surface area contributed by atoms with Crippen molar-refractivity contribution in [2.75, 3.05) is 26.3 Å². The molecule has 3 nitrogen and oxygen atoms in total. The van der Waals surface area contributed by atoms with Gasteiger partial charge in [-0.25, -0.2) is 0 Å². The van der Waals surface area contributed by atoms with Gasteiger partial charge in [-0.05, 0) is 31.6 Å². The number of hydrogen-bond donors (Lipinski definition) is 2. The summed E-state index contributed by atoms with van der Waals surface area (Å²) in [6.45, 7) is 7.55. The Bertz CT molecular complexity index is 163. The third-order valence-corrected chi connectivity index (χ3v) is 3.46. The van der Waals surface area contributed by atoms with E-state index in [9.17, 15) is 5.11 Å². The molecule has 0 amide bonds. The van der Waals surface area contributed by atoms with Gasteiger partial charge in [-0.15, -0.1) is 0 Å². The smallest absolute Gasteiger partial charge is 0.0766 e. The highest BCUT2D eigenvalue weighted by atomic mass is 16.5. The fraction of sp³-hybridized carbons (Fsp3) is 1.00. The molecule has 1 unspecified atom stereocenters. The molecule has 0 aromatic rings. The standard InChI is InChI=1S/C12H25NO2/c1-3-12(14,4-2)10-13-8-11-6-5-7-15-9-11/h11,13-14H,3-10H2,1-2H3. The van der Waals surface area contributed by atoms with Crippen LogP contribution in [0.15, 0.2) is 0 Å². The van der Waals surface area contributed by atoms with Crippen molar-refractivity contribution >= 4 is 0 Å². The lowest BCUT2D eigenvalue weighted by Crippen LogP contribution is -2.42. The van der Waals surface area contributed by atoms with Crippen molar-refractivity contribution in [2.45, 2.75) is 45.1 Å². The van der Waals surface area contributed by atoms with Gasteiger partial charge in [0.1, 0.15) is 0 Å². The Morgan fingerprint density at radius 2 is 2.13 bits per heavy atom. The number of ether oxygens (including phenoxy) is 1. The van der Waals surface area contributed by atoms with Gasteiger partial charge in [0.05, 0.1) is 12.2 Å². The van der Waals surface area contributed by atoms with Gasteiger partial charge in [0.25, 0.3) is 0 Å². The molecule has 0 aromatic heterocycles. The van der Waals surface area contributed by atoms with E-state index >= 15 is 0 Å². The highest BCUT2D eigenvalue weighted by Crippen LogP contribution is 2.15. The van der Waals surface area contributed by atoms with Crippen molar-refractivity contribution in [1.82, 2.24) is 5.32 Å². The van der Waals surface area contributed by atoms with Gasteiger partial charge in [-0.1, -0.05) is 13.8 Å². The topological polar surface area (TPSA) is 41.5 Å². The molecular weight excluding hydrogens is 190 g/mol. The van der Waals surface area contributed by atoms with Crippen LogP contribution in [0.5, 0.6) is 0 Å². The van der Waals surface area contributed by atoms with Crippen molar-refractivity contribution in [3.8, 4) is 0 Å². The minimum Gasteiger partial charge on any atom is -0.389 e. The summed E-state index contributed by atoms with van der Waals surface area (Å²) in [6, 6.07) is 0. The number of hydrogen-bond acceptors (Lipinski definition) is 3. The fourth-order valence-electron chi connectivity index (χ4n) is 1.98. The zero-order valence-electron chi connectivity index (χ0n) is 10.1. The van der Waals surface area contributed by atoms with E-state index in [1.807, 2.05) is 13.8 Å². The van der Waals surface area contributed by atoms with Crippen LogP contribution >= 0.6 is 0 Å². The Morgan fingerprint density at radius 3 is 2.67 bits per heavy atom. The summed E-state index contributed by atoms with van der Waals surface area (Å²) in [5.41, 5.74) is -0.518. The molecule has 0 bridgehead atoms. The lowest BCUT2D eigenvalue weighted by molar-refractivity contribution is 0.0244. The maximum absolute atomic E-state index is 10.1. The monoisotopic (exact) mass is 215 g/mol. The van der Waals surface area contributed by atoms with Crippen LogP contribution in [0, 0.1) is 5.92 Å². The van der Waals surface area contributed by atoms with Crippen molar-refractivity contribution in [2.24, 2.45) is 5.92 Å². The zero-order valence-corrected chi connectivity index (χ0v) is 10.1. The van der Waals surface area contributed by atoms with Gasteiger partial charge in [0.15, 0.2) is 0 Å². The van der Waals surface area contributed by atoms with E-state index in [1.165, 1.54) is 12.8 Å². The average Bonchev–Trinajstić information content (AvgIpc) is 2.30. The number of nitrogens with one attached hydrogen (secondary N) is 1. The summed E-state index contributed by atoms with van der Waals surface area (Å²) < 4.78 is 5.41. The molecule has 0 radical (unpaired) electrons. The van der Waals surface area contributed by atoms with Gasteiger partial charge < -0.3 is 15.2 Å². The molecule has 1 rings (SSSR count). The predicted octanol–water partition coefficient (Wildman–Crippen LogP) is 1.55. The molecule has 0 saturated carbocycles. The van der Waals surface area contributed by atoms with Crippen LogP contribution in [-0.4, -0.2) is 37.0 Å². The van der Waals surface area contributed by atoms with Crippen molar-refractivity contribution in [3.63, 3.8) is 0 Å². The molecule has 15 heavy (non-hydrogen) atoms. The van der Waals surface area contributed by atoms with Crippen molar-refractivity contribution in [1.29, 1.82) is 0 Å². The Labute approximate surface area is 93.2 Å². The molecule has 2 N–H and O–H groups in total. The predicted molar refractivity (Wildman–Crippen MR) is 61.9 cm³/mol. The lowest BCUT2D eigenvalue weighted by atomic mass is 9.96. The summed E-state index contributed by atoms with van der Waals surface area (Å²) in [4.78, 5) is 0. The summed E-state index contributed by atoms with van der Waals surface area (Å²) in [6.07, 6.45) is 4.07. The van der Waals surface area contributed by atoms with E-state index in [-0.39, 0.29) is 0 Å². The van der Waals surface area contributed by atoms with Crippen LogP contribution in [0.25, 0.3) is 0 Å². The number of aliphatic hydroxyl groups is 1. The third kappa shape index (κ3) is 4.49. The first kappa shape index (κ1) is 12.9. The van der Waals surface area contributed by atoms with Crippen LogP contribution in [-0.2, 0) is 4.74 Å². The van der Waals surface area contributed by atoms with E-state index < -0.39 is 5.60 Å². The van der Waals surface area contributed by atoms with Gasteiger partial charge in [-0.3, -0.25) is 0 Å². The molecular formula is C12H25NO2. The number of rotatable bonds is 6. The minimum absolute atomic E-state index is 0.518. The summed E-state index contributed by atoms with van der Waals surface area (Å²) >= 11 is 0. The third-order valence-electron chi connectivity index (χ3n) is 3.46. The first-order valence-electron chi connectivity index (χ1n) is 6.21. The summed E-state index contributed by atoms with van der Waals surface area (Å²) in [5.74, 6) is 0.636. The molecule has 0 aromatic carbocycles. The molecule has 0 aliphatic carbocycles. The highest BCUT2D eigenvalue weighted by molar-refractivity contribution is 4.78. The molecule has 1 saturated heterocycles. The second kappa shape index (κ2) is 6.46. The van der Waals surface area contributed by atoms with Gasteiger partial charge >= 0.3 is 0 Å². The van der Waals surface area contributed by atoms with Crippen LogP contribution in [0.1, 0.15) is 39.5 Å². The Morgan fingerprint density at radius 1 is 1.40 bits per heavy atom. The van der Waals surface area contributed by atoms with Gasteiger partial charge in [-0.2, -0.15) is 0 Å². The van der Waals surface area contributed by atoms with Crippen LogP contribution in [0.3, 0.4) is 0 Å². The molecule has 1 heterocycles. The molecule has 0 spiro atoms. The van der Waals surface area contributed by atoms with E-state index in [4.69, 9.17) is 4.74 Å². The van der Waals surface area contributed by atoms with Gasteiger partial charge in [0.2, 0.25) is 0 Å². The van der Waals surface area contributed by atoms with Crippen molar-refractivity contribution in [3.05, 3.63) is 0 Å². The Kier molecular flexibility index (Phi) is 5.58. The Balaban J connectivity index is 2.14. The van der Waals surface area contributed by atoms with E-state index in [0.29, 0.717) is 12.5 Å². The summed E-state index contributed by atoms with van der Waals surface area (Å²) in [5, 5.41) is 13.4. The SMILES string of the molecule is CCC(O)(CC)CNCC1CCCOC1. The molecule has 1 aliphatic rings. The first-order valence-corrected chi connectivity index (χ1v) is 6.21. The summed E-state index contributed by atoms with van der Waals surface area (Å²) in [7, 11) is 0. The lowest BCUT2D eigenvalue weighted by Gasteiger charge is -2.28. The van der Waals surface area contributed by atoms with Crippen molar-refractivity contribution < 1.29 is 9.84 Å². The molecule has 90 valence electrons. The van der Waals surface area contributed by atoms with E-state index in [2.05, 4.69) is 5.32 Å².